The molecule has 0 bridgehead atoms. The molecule has 0 saturated carbocycles. The number of ether oxygens (including phenoxy) is 2. The van der Waals surface area contributed by atoms with Crippen LogP contribution in [0.4, 0.5) is 0 Å². The van der Waals surface area contributed by atoms with Crippen LogP contribution < -0.4 is 0 Å². The number of rotatable bonds is 2. The first-order chi connectivity index (χ1) is 6.79. The molecule has 1 N–H and O–H groups in total. The molecule has 0 amide bonds. The average molecular weight is 215 g/mol. The number of thiazole rings is 1. The first kappa shape index (κ1) is 10.0. The summed E-state index contributed by atoms with van der Waals surface area (Å²) in [4.78, 5) is 5.03. The van der Waals surface area contributed by atoms with Gasteiger partial charge in [0.15, 0.2) is 0 Å². The molecule has 1 aliphatic rings. The number of hydrogen-bond donors (Lipinski definition) is 1. The second-order valence-corrected chi connectivity index (χ2v) is 4.44. The summed E-state index contributed by atoms with van der Waals surface area (Å²) in [6.45, 7) is 1.80. The predicted octanol–water partition coefficient (Wildman–Crippen LogP) is 0.464. The normalized spacial score (nSPS) is 21.8. The zero-order valence-electron chi connectivity index (χ0n) is 7.81. The van der Waals surface area contributed by atoms with Crippen LogP contribution >= 0.6 is 11.3 Å². The fourth-order valence-corrected chi connectivity index (χ4v) is 2.17. The summed E-state index contributed by atoms with van der Waals surface area (Å²) in [6, 6.07) is 0. The van der Waals surface area contributed by atoms with Gasteiger partial charge in [0.25, 0.3) is 0 Å². The molecule has 78 valence electrons. The van der Waals surface area contributed by atoms with Crippen molar-refractivity contribution in [2.45, 2.75) is 12.0 Å². The van der Waals surface area contributed by atoms with E-state index in [2.05, 4.69) is 4.98 Å². The van der Waals surface area contributed by atoms with Gasteiger partial charge in [-0.05, 0) is 0 Å². The van der Waals surface area contributed by atoms with Crippen LogP contribution in [0.2, 0.25) is 0 Å². The van der Waals surface area contributed by atoms with Crippen molar-refractivity contribution >= 4 is 11.3 Å². The topological polar surface area (TPSA) is 51.6 Å². The van der Waals surface area contributed by atoms with E-state index in [-0.39, 0.29) is 0 Å². The standard InChI is InChI=1S/C9H13NO3S/c11-9(3-8-4-10-7-14-8)5-12-1-2-13-6-9/h4,7,11H,1-3,5-6H2. The maximum atomic E-state index is 10.2. The van der Waals surface area contributed by atoms with E-state index >= 15 is 0 Å². The van der Waals surface area contributed by atoms with E-state index in [1.54, 1.807) is 11.7 Å². The highest BCUT2D eigenvalue weighted by atomic mass is 32.1. The first-order valence-electron chi connectivity index (χ1n) is 4.54. The highest BCUT2D eigenvalue weighted by molar-refractivity contribution is 7.09. The monoisotopic (exact) mass is 215 g/mol. The van der Waals surface area contributed by atoms with Crippen molar-refractivity contribution < 1.29 is 14.6 Å². The van der Waals surface area contributed by atoms with E-state index in [9.17, 15) is 5.11 Å². The lowest BCUT2D eigenvalue weighted by molar-refractivity contribution is -0.0536. The van der Waals surface area contributed by atoms with Crippen LogP contribution in [0.25, 0.3) is 0 Å². The summed E-state index contributed by atoms with van der Waals surface area (Å²) in [5, 5.41) is 10.2. The minimum atomic E-state index is -0.886. The molecule has 2 heterocycles. The Labute approximate surface area is 86.5 Å². The van der Waals surface area contributed by atoms with Crippen molar-refractivity contribution in [1.29, 1.82) is 0 Å². The molecule has 1 fully saturated rings. The second-order valence-electron chi connectivity index (χ2n) is 3.47. The maximum Gasteiger partial charge on any atom is 0.116 e. The quantitative estimate of drug-likeness (QED) is 0.779. The van der Waals surface area contributed by atoms with Crippen molar-refractivity contribution in [2.24, 2.45) is 0 Å². The zero-order valence-corrected chi connectivity index (χ0v) is 8.63. The smallest absolute Gasteiger partial charge is 0.116 e. The van der Waals surface area contributed by atoms with Crippen LogP contribution in [-0.4, -0.2) is 42.1 Å². The summed E-state index contributed by atoms with van der Waals surface area (Å²) in [5.41, 5.74) is 0.875. The molecule has 0 unspecified atom stereocenters. The van der Waals surface area contributed by atoms with Gasteiger partial charge in [-0.2, -0.15) is 0 Å². The average Bonchev–Trinajstić information content (AvgIpc) is 2.55. The third kappa shape index (κ3) is 2.51. The highest BCUT2D eigenvalue weighted by Gasteiger charge is 2.30. The highest BCUT2D eigenvalue weighted by Crippen LogP contribution is 2.19. The molecule has 1 aliphatic heterocycles. The van der Waals surface area contributed by atoms with Crippen LogP contribution in [0.15, 0.2) is 11.7 Å². The Balaban J connectivity index is 1.99. The SMILES string of the molecule is OC1(Cc2cncs2)COCCOC1. The summed E-state index contributed by atoms with van der Waals surface area (Å²) in [6.07, 6.45) is 2.32. The number of aromatic nitrogens is 1. The van der Waals surface area contributed by atoms with E-state index in [1.807, 2.05) is 0 Å². The van der Waals surface area contributed by atoms with Gasteiger partial charge in [0.1, 0.15) is 5.60 Å². The fraction of sp³-hybridized carbons (Fsp3) is 0.667. The van der Waals surface area contributed by atoms with Gasteiger partial charge in [0.2, 0.25) is 0 Å². The Morgan fingerprint density at radius 2 is 2.14 bits per heavy atom. The third-order valence-electron chi connectivity index (χ3n) is 2.10. The van der Waals surface area contributed by atoms with Crippen molar-refractivity contribution in [3.05, 3.63) is 16.6 Å². The van der Waals surface area contributed by atoms with E-state index in [4.69, 9.17) is 9.47 Å². The Hall–Kier alpha value is -0.490. The summed E-state index contributed by atoms with van der Waals surface area (Å²) >= 11 is 1.54. The Morgan fingerprint density at radius 3 is 2.71 bits per heavy atom. The van der Waals surface area contributed by atoms with E-state index in [1.165, 1.54) is 11.3 Å². The Morgan fingerprint density at radius 1 is 1.43 bits per heavy atom. The second kappa shape index (κ2) is 4.35. The van der Waals surface area contributed by atoms with Gasteiger partial charge in [0, 0.05) is 17.5 Å². The minimum absolute atomic E-state index is 0.338. The minimum Gasteiger partial charge on any atom is -0.385 e. The third-order valence-corrected chi connectivity index (χ3v) is 2.88. The number of hydrogen-bond acceptors (Lipinski definition) is 5. The molecule has 2 rings (SSSR count). The molecule has 0 aromatic carbocycles. The largest absolute Gasteiger partial charge is 0.385 e. The fourth-order valence-electron chi connectivity index (χ4n) is 1.44. The van der Waals surface area contributed by atoms with E-state index in [0.717, 1.165) is 4.88 Å². The van der Waals surface area contributed by atoms with Crippen LogP contribution in [0.3, 0.4) is 0 Å². The predicted molar refractivity (Wildman–Crippen MR) is 52.4 cm³/mol. The summed E-state index contributed by atoms with van der Waals surface area (Å²) in [7, 11) is 0. The van der Waals surface area contributed by atoms with Gasteiger partial charge >= 0.3 is 0 Å². The van der Waals surface area contributed by atoms with Crippen molar-refractivity contribution in [3.8, 4) is 0 Å². The Kier molecular flexibility index (Phi) is 3.12. The van der Waals surface area contributed by atoms with Crippen molar-refractivity contribution in [3.63, 3.8) is 0 Å². The zero-order chi connectivity index (χ0) is 9.86. The molecule has 0 atom stereocenters. The lowest BCUT2D eigenvalue weighted by atomic mass is 10.0. The van der Waals surface area contributed by atoms with Gasteiger partial charge in [0.05, 0.1) is 31.9 Å². The van der Waals surface area contributed by atoms with E-state index < -0.39 is 5.60 Å². The molecule has 1 saturated heterocycles. The lowest BCUT2D eigenvalue weighted by Gasteiger charge is -2.23. The summed E-state index contributed by atoms with van der Waals surface area (Å²) < 4.78 is 10.5. The molecule has 1 aromatic heterocycles. The molecule has 5 heteroatoms. The molecule has 4 nitrogen and oxygen atoms in total. The summed E-state index contributed by atoms with van der Waals surface area (Å²) in [5.74, 6) is 0. The van der Waals surface area contributed by atoms with Gasteiger partial charge in [-0.25, -0.2) is 0 Å². The van der Waals surface area contributed by atoms with E-state index in [0.29, 0.717) is 32.8 Å². The lowest BCUT2D eigenvalue weighted by Crippen LogP contribution is -2.40. The molecular weight excluding hydrogens is 202 g/mol. The molecule has 0 radical (unpaired) electrons. The Bertz CT molecular complexity index is 268. The molecule has 0 aliphatic carbocycles. The van der Waals surface area contributed by atoms with Crippen molar-refractivity contribution in [2.75, 3.05) is 26.4 Å². The molecule has 0 spiro atoms. The van der Waals surface area contributed by atoms with Crippen LogP contribution in [0, 0.1) is 0 Å². The van der Waals surface area contributed by atoms with Gasteiger partial charge in [-0.15, -0.1) is 11.3 Å². The van der Waals surface area contributed by atoms with Crippen molar-refractivity contribution in [1.82, 2.24) is 4.98 Å². The van der Waals surface area contributed by atoms with Crippen LogP contribution in [0.5, 0.6) is 0 Å². The van der Waals surface area contributed by atoms with Gasteiger partial charge < -0.3 is 14.6 Å². The van der Waals surface area contributed by atoms with Gasteiger partial charge in [-0.3, -0.25) is 4.98 Å². The van der Waals surface area contributed by atoms with Gasteiger partial charge in [-0.1, -0.05) is 0 Å². The first-order valence-corrected chi connectivity index (χ1v) is 5.42. The molecule has 14 heavy (non-hydrogen) atoms. The maximum absolute atomic E-state index is 10.2. The molecular formula is C9H13NO3S. The van der Waals surface area contributed by atoms with Crippen LogP contribution in [-0.2, 0) is 15.9 Å². The number of nitrogens with zero attached hydrogens (tertiary/aromatic N) is 1. The number of aliphatic hydroxyl groups is 1. The molecule has 1 aromatic rings. The van der Waals surface area contributed by atoms with Crippen LogP contribution in [0.1, 0.15) is 4.88 Å².